The molecule has 0 unspecified atom stereocenters. The van der Waals surface area contributed by atoms with E-state index in [0.717, 1.165) is 36.3 Å². The molecule has 1 aromatic carbocycles. The van der Waals surface area contributed by atoms with Crippen molar-refractivity contribution in [2.45, 2.75) is 6.42 Å². The summed E-state index contributed by atoms with van der Waals surface area (Å²) >= 11 is 0. The highest BCUT2D eigenvalue weighted by atomic mass is 16.5. The first-order chi connectivity index (χ1) is 8.36. The maximum absolute atomic E-state index is 9.17. The van der Waals surface area contributed by atoms with Crippen LogP contribution in [0.15, 0.2) is 24.3 Å². The van der Waals surface area contributed by atoms with Gasteiger partial charge in [-0.25, -0.2) is 0 Å². The van der Waals surface area contributed by atoms with Crippen LogP contribution in [0.25, 0.3) is 10.9 Å². The maximum atomic E-state index is 9.17. The first kappa shape index (κ1) is 11.5. The van der Waals surface area contributed by atoms with Gasteiger partial charge in [-0.2, -0.15) is 5.26 Å². The lowest BCUT2D eigenvalue weighted by Crippen LogP contribution is -2.05. The Morgan fingerprint density at radius 3 is 3.00 bits per heavy atom. The van der Waals surface area contributed by atoms with Gasteiger partial charge < -0.3 is 15.0 Å². The topological polar surface area (TPSA) is 60.8 Å². The van der Waals surface area contributed by atoms with E-state index in [9.17, 15) is 5.26 Å². The number of benzene rings is 1. The second-order valence-electron chi connectivity index (χ2n) is 3.81. The van der Waals surface area contributed by atoms with Crippen LogP contribution in [0.2, 0.25) is 0 Å². The molecular weight excluding hydrogens is 214 g/mol. The minimum absolute atomic E-state index is 0.679. The molecule has 4 nitrogen and oxygen atoms in total. The number of aromatic nitrogens is 1. The number of aromatic amines is 1. The van der Waals surface area contributed by atoms with Gasteiger partial charge in [0.15, 0.2) is 0 Å². The summed E-state index contributed by atoms with van der Waals surface area (Å²) in [6.45, 7) is 1.50. The number of rotatable bonds is 5. The molecule has 2 rings (SSSR count). The molecule has 0 atom stereocenters. The number of nitrogens with zero attached hydrogens (tertiary/aromatic N) is 1. The fourth-order valence-electron chi connectivity index (χ4n) is 1.82. The van der Waals surface area contributed by atoms with Crippen molar-refractivity contribution in [3.63, 3.8) is 0 Å². The molecule has 0 spiro atoms. The lowest BCUT2D eigenvalue weighted by Gasteiger charge is -2.03. The molecule has 0 aliphatic heterocycles. The van der Waals surface area contributed by atoms with E-state index in [2.05, 4.69) is 16.4 Å². The monoisotopic (exact) mass is 229 g/mol. The van der Waals surface area contributed by atoms with Crippen molar-refractivity contribution in [1.29, 1.82) is 5.26 Å². The van der Waals surface area contributed by atoms with Crippen LogP contribution in [0.5, 0.6) is 0 Å². The zero-order valence-corrected chi connectivity index (χ0v) is 9.79. The van der Waals surface area contributed by atoms with Crippen LogP contribution in [0, 0.1) is 11.3 Å². The fraction of sp³-hybridized carbons (Fsp3) is 0.308. The first-order valence-corrected chi connectivity index (χ1v) is 5.60. The third kappa shape index (κ3) is 2.40. The Balaban J connectivity index is 2.19. The maximum Gasteiger partial charge on any atom is 0.122 e. The third-order valence-corrected chi connectivity index (χ3v) is 2.64. The number of ether oxygens (including phenoxy) is 1. The number of para-hydroxylation sites is 1. The van der Waals surface area contributed by atoms with E-state index in [1.807, 2.05) is 24.3 Å². The molecule has 0 amide bonds. The number of nitriles is 1. The molecule has 0 radical (unpaired) electrons. The molecular formula is C13H15N3O. The summed E-state index contributed by atoms with van der Waals surface area (Å²) in [4.78, 5) is 3.22. The molecule has 88 valence electrons. The Labute approximate surface area is 100 Å². The van der Waals surface area contributed by atoms with Crippen molar-refractivity contribution in [2.24, 2.45) is 0 Å². The summed E-state index contributed by atoms with van der Waals surface area (Å²) < 4.78 is 4.98. The van der Waals surface area contributed by atoms with E-state index >= 15 is 0 Å². The lowest BCUT2D eigenvalue weighted by atomic mass is 10.2. The predicted octanol–water partition coefficient (Wildman–Crippen LogP) is 2.49. The summed E-state index contributed by atoms with van der Waals surface area (Å²) in [5.74, 6) is 0.796. The molecule has 1 heterocycles. The predicted molar refractivity (Wildman–Crippen MR) is 68.0 cm³/mol. The van der Waals surface area contributed by atoms with Crippen LogP contribution in [-0.4, -0.2) is 25.2 Å². The summed E-state index contributed by atoms with van der Waals surface area (Å²) in [5.41, 5.74) is 1.66. The van der Waals surface area contributed by atoms with Crippen LogP contribution in [0.1, 0.15) is 12.0 Å². The van der Waals surface area contributed by atoms with Gasteiger partial charge in [0.05, 0.1) is 0 Å². The van der Waals surface area contributed by atoms with Gasteiger partial charge in [0.25, 0.3) is 0 Å². The smallest absolute Gasteiger partial charge is 0.122 e. The van der Waals surface area contributed by atoms with Gasteiger partial charge in [0.2, 0.25) is 0 Å². The Kier molecular flexibility index (Phi) is 3.63. The highest BCUT2D eigenvalue weighted by molar-refractivity contribution is 5.91. The van der Waals surface area contributed by atoms with Crippen molar-refractivity contribution < 1.29 is 4.74 Å². The molecule has 0 saturated carbocycles. The normalized spacial score (nSPS) is 10.4. The van der Waals surface area contributed by atoms with Gasteiger partial charge in [0, 0.05) is 31.2 Å². The van der Waals surface area contributed by atoms with Crippen molar-refractivity contribution >= 4 is 16.7 Å². The van der Waals surface area contributed by atoms with Crippen LogP contribution in [0.4, 0.5) is 5.82 Å². The van der Waals surface area contributed by atoms with E-state index in [1.165, 1.54) is 0 Å². The van der Waals surface area contributed by atoms with Gasteiger partial charge in [0.1, 0.15) is 17.5 Å². The SMILES string of the molecule is COCCCNc1[nH]c2ccccc2c1C#N. The fourth-order valence-corrected chi connectivity index (χ4v) is 1.82. The van der Waals surface area contributed by atoms with Gasteiger partial charge in [-0.15, -0.1) is 0 Å². The Morgan fingerprint density at radius 2 is 2.24 bits per heavy atom. The van der Waals surface area contributed by atoms with Crippen molar-refractivity contribution in [1.82, 2.24) is 4.98 Å². The number of anilines is 1. The number of hydrogen-bond acceptors (Lipinski definition) is 3. The van der Waals surface area contributed by atoms with E-state index in [-0.39, 0.29) is 0 Å². The summed E-state index contributed by atoms with van der Waals surface area (Å²) in [5, 5.41) is 13.4. The number of H-pyrrole nitrogens is 1. The minimum Gasteiger partial charge on any atom is -0.385 e. The zero-order valence-electron chi connectivity index (χ0n) is 9.79. The summed E-state index contributed by atoms with van der Waals surface area (Å²) in [7, 11) is 1.68. The van der Waals surface area contributed by atoms with Gasteiger partial charge in [-0.05, 0) is 12.5 Å². The second-order valence-corrected chi connectivity index (χ2v) is 3.81. The minimum atomic E-state index is 0.679. The van der Waals surface area contributed by atoms with Crippen LogP contribution >= 0.6 is 0 Å². The van der Waals surface area contributed by atoms with Crippen LogP contribution in [-0.2, 0) is 4.74 Å². The average molecular weight is 229 g/mol. The molecule has 4 heteroatoms. The van der Waals surface area contributed by atoms with Crippen molar-refractivity contribution in [3.8, 4) is 6.07 Å². The number of methoxy groups -OCH3 is 1. The molecule has 0 aliphatic rings. The number of hydrogen-bond donors (Lipinski definition) is 2. The first-order valence-electron chi connectivity index (χ1n) is 5.60. The zero-order chi connectivity index (χ0) is 12.1. The highest BCUT2D eigenvalue weighted by Crippen LogP contribution is 2.24. The number of nitrogens with one attached hydrogen (secondary N) is 2. The largest absolute Gasteiger partial charge is 0.385 e. The Hall–Kier alpha value is -1.99. The molecule has 0 bridgehead atoms. The standard InChI is InChI=1S/C13H15N3O/c1-17-8-4-7-15-13-11(9-14)10-5-2-3-6-12(10)16-13/h2-3,5-6,15-16H,4,7-8H2,1H3. The third-order valence-electron chi connectivity index (χ3n) is 2.64. The van der Waals surface area contributed by atoms with Gasteiger partial charge in [-0.1, -0.05) is 18.2 Å². The average Bonchev–Trinajstić information content (AvgIpc) is 2.72. The van der Waals surface area contributed by atoms with Crippen LogP contribution < -0.4 is 5.32 Å². The van der Waals surface area contributed by atoms with E-state index < -0.39 is 0 Å². The number of fused-ring (bicyclic) bond motifs is 1. The lowest BCUT2D eigenvalue weighted by molar-refractivity contribution is 0.198. The molecule has 0 fully saturated rings. The second kappa shape index (κ2) is 5.37. The summed E-state index contributed by atoms with van der Waals surface area (Å²) in [6, 6.07) is 10.0. The molecule has 0 saturated heterocycles. The molecule has 1 aromatic heterocycles. The molecule has 2 N–H and O–H groups in total. The molecule has 2 aromatic rings. The van der Waals surface area contributed by atoms with Crippen LogP contribution in [0.3, 0.4) is 0 Å². The van der Waals surface area contributed by atoms with Gasteiger partial charge in [-0.3, -0.25) is 0 Å². The Bertz CT molecular complexity index is 539. The van der Waals surface area contributed by atoms with Crippen molar-refractivity contribution in [2.75, 3.05) is 25.6 Å². The quantitative estimate of drug-likeness (QED) is 0.774. The molecule has 17 heavy (non-hydrogen) atoms. The molecule has 0 aliphatic carbocycles. The van der Waals surface area contributed by atoms with E-state index in [1.54, 1.807) is 7.11 Å². The Morgan fingerprint density at radius 1 is 1.41 bits per heavy atom. The van der Waals surface area contributed by atoms with Crippen molar-refractivity contribution in [3.05, 3.63) is 29.8 Å². The van der Waals surface area contributed by atoms with E-state index in [4.69, 9.17) is 4.74 Å². The van der Waals surface area contributed by atoms with E-state index in [0.29, 0.717) is 5.56 Å². The highest BCUT2D eigenvalue weighted by Gasteiger charge is 2.09. The summed E-state index contributed by atoms with van der Waals surface area (Å²) in [6.07, 6.45) is 0.913. The van der Waals surface area contributed by atoms with Gasteiger partial charge >= 0.3 is 0 Å².